The van der Waals surface area contributed by atoms with Crippen molar-refractivity contribution in [3.8, 4) is 0 Å². The quantitative estimate of drug-likeness (QED) is 0.595. The lowest BCUT2D eigenvalue weighted by atomic mass is 9.94. The molecule has 0 aromatic rings. The minimum absolute atomic E-state index is 0.0350. The van der Waals surface area contributed by atoms with Gasteiger partial charge in [-0.05, 0) is 24.3 Å². The molecule has 0 spiro atoms. The normalized spacial score (nSPS) is 42.3. The number of fused-ring (bicyclic) bond motifs is 2. The van der Waals surface area contributed by atoms with Gasteiger partial charge in [0.2, 0.25) is 0 Å². The summed E-state index contributed by atoms with van der Waals surface area (Å²) < 4.78 is 5.33. The van der Waals surface area contributed by atoms with Crippen molar-refractivity contribution in [2.45, 2.75) is 18.5 Å². The number of ether oxygens (including phenoxy) is 1. The number of hydrogen-bond acceptors (Lipinski definition) is 5. The molecule has 0 bridgehead atoms. The maximum Gasteiger partial charge on any atom is 0.253 e. The molecular formula is C14H20N4O2. The van der Waals surface area contributed by atoms with Crippen LogP contribution in [0.4, 0.5) is 0 Å². The van der Waals surface area contributed by atoms with Crippen LogP contribution in [0.5, 0.6) is 0 Å². The zero-order chi connectivity index (χ0) is 13.5. The molecule has 6 nitrogen and oxygen atoms in total. The van der Waals surface area contributed by atoms with Gasteiger partial charge in [0.25, 0.3) is 5.91 Å². The molecule has 1 amide bonds. The van der Waals surface area contributed by atoms with Gasteiger partial charge in [0.05, 0.1) is 18.9 Å². The maximum atomic E-state index is 12.4. The third-order valence-corrected chi connectivity index (χ3v) is 4.83. The predicted molar refractivity (Wildman–Crippen MR) is 72.9 cm³/mol. The number of allylic oxidation sites excluding steroid dienone is 1. The summed E-state index contributed by atoms with van der Waals surface area (Å²) in [6, 6.07) is -0.0543. The van der Waals surface area contributed by atoms with Gasteiger partial charge in [0.15, 0.2) is 0 Å². The standard InChI is InChI=1S/C14H20N4O2/c19-14(13-11-8-20-5-4-12(11)15-16-13)17-18-6-9-2-1-3-10(9)7-18/h1-2,4-5,9-13,15-16H,3,6-8H2,(H,17,19). The van der Waals surface area contributed by atoms with E-state index in [1.807, 2.05) is 6.08 Å². The Morgan fingerprint density at radius 1 is 1.30 bits per heavy atom. The van der Waals surface area contributed by atoms with E-state index in [4.69, 9.17) is 4.74 Å². The van der Waals surface area contributed by atoms with E-state index in [9.17, 15) is 4.79 Å². The Morgan fingerprint density at radius 3 is 3.15 bits per heavy atom. The number of carbonyl (C=O) groups excluding carboxylic acids is 1. The highest BCUT2D eigenvalue weighted by Crippen LogP contribution is 2.31. The van der Waals surface area contributed by atoms with Crippen LogP contribution >= 0.6 is 0 Å². The monoisotopic (exact) mass is 276 g/mol. The van der Waals surface area contributed by atoms with E-state index in [0.29, 0.717) is 18.4 Å². The van der Waals surface area contributed by atoms with Crippen LogP contribution in [0.1, 0.15) is 6.42 Å². The number of hydrazine groups is 2. The fourth-order valence-corrected chi connectivity index (χ4v) is 3.67. The average Bonchev–Trinajstić information content (AvgIpc) is 3.10. The minimum atomic E-state index is -0.235. The van der Waals surface area contributed by atoms with Crippen LogP contribution in [0, 0.1) is 17.8 Å². The zero-order valence-corrected chi connectivity index (χ0v) is 11.3. The maximum absolute atomic E-state index is 12.4. The number of nitrogens with zero attached hydrogens (tertiary/aromatic N) is 1. The van der Waals surface area contributed by atoms with Gasteiger partial charge in [-0.2, -0.15) is 0 Å². The van der Waals surface area contributed by atoms with E-state index in [2.05, 4.69) is 33.4 Å². The summed E-state index contributed by atoms with van der Waals surface area (Å²) in [5.41, 5.74) is 9.30. The highest BCUT2D eigenvalue weighted by atomic mass is 16.5. The lowest BCUT2D eigenvalue weighted by Crippen LogP contribution is -2.52. The Labute approximate surface area is 118 Å². The summed E-state index contributed by atoms with van der Waals surface area (Å²) in [4.78, 5) is 12.4. The van der Waals surface area contributed by atoms with E-state index in [0.717, 1.165) is 19.5 Å². The van der Waals surface area contributed by atoms with E-state index in [1.165, 1.54) is 0 Å². The highest BCUT2D eigenvalue weighted by molar-refractivity contribution is 5.82. The second-order valence-corrected chi connectivity index (χ2v) is 6.09. The predicted octanol–water partition coefficient (Wildman–Crippen LogP) is -0.469. The van der Waals surface area contributed by atoms with E-state index >= 15 is 0 Å². The molecule has 4 aliphatic rings. The molecule has 0 saturated carbocycles. The van der Waals surface area contributed by atoms with Crippen molar-refractivity contribution in [1.82, 2.24) is 21.3 Å². The van der Waals surface area contributed by atoms with E-state index in [1.54, 1.807) is 6.26 Å². The van der Waals surface area contributed by atoms with Crippen molar-refractivity contribution in [2.24, 2.45) is 17.8 Å². The van der Waals surface area contributed by atoms with Crippen LogP contribution in [0.3, 0.4) is 0 Å². The molecule has 5 unspecified atom stereocenters. The van der Waals surface area contributed by atoms with Gasteiger partial charge >= 0.3 is 0 Å². The van der Waals surface area contributed by atoms with E-state index in [-0.39, 0.29) is 23.9 Å². The fraction of sp³-hybridized carbons (Fsp3) is 0.643. The summed E-state index contributed by atoms with van der Waals surface area (Å²) in [5.74, 6) is 1.48. The molecule has 2 saturated heterocycles. The third-order valence-electron chi connectivity index (χ3n) is 4.83. The van der Waals surface area contributed by atoms with Gasteiger partial charge in [-0.1, -0.05) is 12.2 Å². The topological polar surface area (TPSA) is 65.6 Å². The average molecular weight is 276 g/mol. The van der Waals surface area contributed by atoms with Crippen molar-refractivity contribution < 1.29 is 9.53 Å². The minimum Gasteiger partial charge on any atom is -0.501 e. The lowest BCUT2D eigenvalue weighted by Gasteiger charge is -2.25. The van der Waals surface area contributed by atoms with Gasteiger partial charge in [0.1, 0.15) is 6.04 Å². The molecule has 20 heavy (non-hydrogen) atoms. The van der Waals surface area contributed by atoms with Crippen molar-refractivity contribution >= 4 is 5.91 Å². The van der Waals surface area contributed by atoms with Crippen molar-refractivity contribution in [2.75, 3.05) is 19.7 Å². The van der Waals surface area contributed by atoms with Crippen LogP contribution in [0.15, 0.2) is 24.5 Å². The molecule has 5 atom stereocenters. The first kappa shape index (κ1) is 12.4. The number of amides is 1. The SMILES string of the molecule is O=C(NN1CC2C=CCC2C1)C1NNC2C=COCC21. The number of rotatable bonds is 2. The molecule has 2 fully saturated rings. The van der Waals surface area contributed by atoms with Gasteiger partial charge in [0, 0.05) is 19.0 Å². The highest BCUT2D eigenvalue weighted by Gasteiger charge is 2.42. The van der Waals surface area contributed by atoms with Crippen molar-refractivity contribution in [1.29, 1.82) is 0 Å². The molecule has 1 aliphatic carbocycles. The smallest absolute Gasteiger partial charge is 0.253 e. The summed E-state index contributed by atoms with van der Waals surface area (Å²) in [5, 5.41) is 2.07. The van der Waals surface area contributed by atoms with Crippen molar-refractivity contribution in [3.05, 3.63) is 24.5 Å². The van der Waals surface area contributed by atoms with Crippen molar-refractivity contribution in [3.63, 3.8) is 0 Å². The van der Waals surface area contributed by atoms with Crippen LogP contribution in [0.2, 0.25) is 0 Å². The Bertz CT molecular complexity index is 464. The Hall–Kier alpha value is -1.37. The summed E-state index contributed by atoms with van der Waals surface area (Å²) >= 11 is 0. The number of hydrogen-bond donors (Lipinski definition) is 3. The Morgan fingerprint density at radius 2 is 2.25 bits per heavy atom. The fourth-order valence-electron chi connectivity index (χ4n) is 3.67. The molecule has 3 N–H and O–H groups in total. The largest absolute Gasteiger partial charge is 0.501 e. The molecule has 0 aromatic carbocycles. The third kappa shape index (κ3) is 2.04. The van der Waals surface area contributed by atoms with Crippen LogP contribution in [0.25, 0.3) is 0 Å². The molecule has 0 aromatic heterocycles. The number of nitrogens with one attached hydrogen (secondary N) is 3. The first-order chi connectivity index (χ1) is 9.81. The number of carbonyl (C=O) groups is 1. The second-order valence-electron chi connectivity index (χ2n) is 6.09. The second kappa shape index (κ2) is 4.87. The van der Waals surface area contributed by atoms with Gasteiger partial charge in [-0.25, -0.2) is 15.9 Å². The molecule has 3 heterocycles. The molecule has 3 aliphatic heterocycles. The molecular weight excluding hydrogens is 256 g/mol. The van der Waals surface area contributed by atoms with Gasteiger partial charge in [-0.3, -0.25) is 10.2 Å². The van der Waals surface area contributed by atoms with Gasteiger partial charge in [-0.15, -0.1) is 0 Å². The molecule has 108 valence electrons. The first-order valence-electron chi connectivity index (χ1n) is 7.33. The first-order valence-corrected chi connectivity index (χ1v) is 7.33. The molecule has 6 heteroatoms. The van der Waals surface area contributed by atoms with Crippen LogP contribution in [-0.4, -0.2) is 42.7 Å². The zero-order valence-electron chi connectivity index (χ0n) is 11.3. The summed E-state index contributed by atoms with van der Waals surface area (Å²) in [7, 11) is 0. The molecule has 0 radical (unpaired) electrons. The van der Waals surface area contributed by atoms with E-state index < -0.39 is 0 Å². The van der Waals surface area contributed by atoms with Crippen LogP contribution < -0.4 is 16.3 Å². The van der Waals surface area contributed by atoms with Crippen LogP contribution in [-0.2, 0) is 9.53 Å². The van der Waals surface area contributed by atoms with Gasteiger partial charge < -0.3 is 4.74 Å². The summed E-state index contributed by atoms with van der Waals surface area (Å²) in [6.07, 6.45) is 9.34. The lowest BCUT2D eigenvalue weighted by molar-refractivity contribution is -0.128. The summed E-state index contributed by atoms with van der Waals surface area (Å²) in [6.45, 7) is 2.46. The Kier molecular flexibility index (Phi) is 3.02. The Balaban J connectivity index is 1.36. The molecule has 4 rings (SSSR count).